The normalized spacial score (nSPS) is 13.8. The molecule has 1 aromatic rings. The molecular weight excluding hydrogens is 508 g/mol. The molecule has 3 atom stereocenters. The quantitative estimate of drug-likeness (QED) is 0.258. The predicted molar refractivity (Wildman–Crippen MR) is 159 cm³/mol. The number of nitrogens with two attached hydrogens (primary N) is 1. The van der Waals surface area contributed by atoms with Crippen LogP contribution in [0.5, 0.6) is 0 Å². The third-order valence-corrected chi connectivity index (χ3v) is 6.73. The van der Waals surface area contributed by atoms with E-state index < -0.39 is 35.6 Å². The molecule has 4 N–H and O–H groups in total. The summed E-state index contributed by atoms with van der Waals surface area (Å²) < 4.78 is 5.42. The first kappa shape index (κ1) is 34.9. The summed E-state index contributed by atoms with van der Waals surface area (Å²) in [4.78, 5) is 54.5. The van der Waals surface area contributed by atoms with E-state index in [4.69, 9.17) is 10.5 Å². The van der Waals surface area contributed by atoms with Crippen molar-refractivity contribution in [1.29, 1.82) is 0 Å². The summed E-state index contributed by atoms with van der Waals surface area (Å²) in [5, 5.41) is 5.70. The fourth-order valence-electron chi connectivity index (χ4n) is 4.63. The predicted octanol–water partition coefficient (Wildman–Crippen LogP) is 5.07. The topological polar surface area (TPSA) is 131 Å². The lowest BCUT2D eigenvalue weighted by molar-refractivity contribution is -0.145. The molecule has 0 bridgehead atoms. The Morgan fingerprint density at radius 3 is 2.10 bits per heavy atom. The van der Waals surface area contributed by atoms with Gasteiger partial charge in [0.05, 0.1) is 0 Å². The number of alkyl carbamates (subject to hydrolysis) is 1. The Hall–Kier alpha value is -3.10. The second-order valence-corrected chi connectivity index (χ2v) is 12.1. The fraction of sp³-hybridized carbons (Fsp3) is 0.677. The van der Waals surface area contributed by atoms with Crippen molar-refractivity contribution in [3.05, 3.63) is 34.9 Å². The molecule has 9 nitrogen and oxygen atoms in total. The lowest BCUT2D eigenvalue weighted by atomic mass is 9.91. The maximum atomic E-state index is 14.4. The number of unbranched alkanes of at least 4 members (excludes halogenated alkanes) is 1. The summed E-state index contributed by atoms with van der Waals surface area (Å²) >= 11 is 0. The number of carbonyl (C=O) groups is 4. The molecule has 0 aromatic heterocycles. The molecule has 0 saturated heterocycles. The lowest BCUT2D eigenvalue weighted by Gasteiger charge is -2.39. The highest BCUT2D eigenvalue weighted by Crippen LogP contribution is 2.32. The number of hydrogen-bond acceptors (Lipinski definition) is 5. The zero-order chi connectivity index (χ0) is 30.6. The van der Waals surface area contributed by atoms with Crippen LogP contribution in [0.15, 0.2) is 18.2 Å². The van der Waals surface area contributed by atoms with Crippen LogP contribution >= 0.6 is 0 Å². The monoisotopic (exact) mass is 560 g/mol. The van der Waals surface area contributed by atoms with Gasteiger partial charge in [-0.25, -0.2) is 4.79 Å². The van der Waals surface area contributed by atoms with Crippen LogP contribution in [0.2, 0.25) is 0 Å². The Kier molecular flexibility index (Phi) is 14.2. The molecule has 0 spiro atoms. The Morgan fingerprint density at radius 1 is 1.00 bits per heavy atom. The van der Waals surface area contributed by atoms with E-state index in [9.17, 15) is 19.2 Å². The van der Waals surface area contributed by atoms with Crippen molar-refractivity contribution in [3.63, 3.8) is 0 Å². The van der Waals surface area contributed by atoms with E-state index in [0.29, 0.717) is 18.9 Å². The number of amides is 4. The summed E-state index contributed by atoms with van der Waals surface area (Å²) in [5.41, 5.74) is 7.17. The first-order valence-corrected chi connectivity index (χ1v) is 14.5. The van der Waals surface area contributed by atoms with Crippen LogP contribution in [-0.4, -0.2) is 52.9 Å². The van der Waals surface area contributed by atoms with Crippen LogP contribution in [0.1, 0.15) is 110 Å². The number of nitrogens with one attached hydrogen (secondary N) is 2. The van der Waals surface area contributed by atoms with E-state index in [2.05, 4.69) is 24.5 Å². The maximum Gasteiger partial charge on any atom is 0.408 e. The van der Waals surface area contributed by atoms with Gasteiger partial charge in [-0.15, -0.1) is 0 Å². The molecule has 4 amide bonds. The SMILES string of the molecule is CCCCNC(=O)C(c1c(C)cccc1C)N(C(=O)C(CCC(N)=O)NC(=O)OC(C)(C)C)C(C)CCC(C)C. The molecule has 0 radical (unpaired) electrons. The van der Waals surface area contributed by atoms with E-state index in [-0.39, 0.29) is 24.8 Å². The van der Waals surface area contributed by atoms with Gasteiger partial charge in [0.1, 0.15) is 17.7 Å². The minimum absolute atomic E-state index is 0.0161. The van der Waals surface area contributed by atoms with E-state index in [1.165, 1.54) is 0 Å². The summed E-state index contributed by atoms with van der Waals surface area (Å²) in [5.74, 6) is -0.933. The molecule has 0 aliphatic rings. The largest absolute Gasteiger partial charge is 0.444 e. The molecule has 3 unspecified atom stereocenters. The molecule has 1 rings (SSSR count). The van der Waals surface area contributed by atoms with Crippen LogP contribution in [0, 0.1) is 19.8 Å². The van der Waals surface area contributed by atoms with Gasteiger partial charge in [-0.3, -0.25) is 14.4 Å². The van der Waals surface area contributed by atoms with Gasteiger partial charge >= 0.3 is 6.09 Å². The average molecular weight is 561 g/mol. The first-order chi connectivity index (χ1) is 18.6. The second kappa shape index (κ2) is 16.2. The van der Waals surface area contributed by atoms with Crippen molar-refractivity contribution in [1.82, 2.24) is 15.5 Å². The number of carbonyl (C=O) groups excluding carboxylic acids is 4. The van der Waals surface area contributed by atoms with Crippen molar-refractivity contribution in [2.75, 3.05) is 6.54 Å². The Labute approximate surface area is 241 Å². The molecule has 1 aromatic carbocycles. The minimum Gasteiger partial charge on any atom is -0.444 e. The molecule has 40 heavy (non-hydrogen) atoms. The number of ether oxygens (including phenoxy) is 1. The molecular formula is C31H52N4O5. The van der Waals surface area contributed by atoms with Crippen LogP contribution in [0.4, 0.5) is 4.79 Å². The van der Waals surface area contributed by atoms with Gasteiger partial charge in [0.15, 0.2) is 0 Å². The van der Waals surface area contributed by atoms with Gasteiger partial charge < -0.3 is 26.0 Å². The number of aryl methyl sites for hydroxylation is 2. The molecule has 0 saturated carbocycles. The van der Waals surface area contributed by atoms with Crippen molar-refractivity contribution in [2.24, 2.45) is 11.7 Å². The zero-order valence-corrected chi connectivity index (χ0v) is 26.1. The Bertz CT molecular complexity index is 982. The number of primary amides is 1. The van der Waals surface area contributed by atoms with Gasteiger partial charge in [0.25, 0.3) is 0 Å². The number of nitrogens with zero attached hydrogens (tertiary/aromatic N) is 1. The average Bonchev–Trinajstić information content (AvgIpc) is 2.83. The highest BCUT2D eigenvalue weighted by atomic mass is 16.6. The van der Waals surface area contributed by atoms with Gasteiger partial charge in [-0.1, -0.05) is 45.4 Å². The maximum absolute atomic E-state index is 14.4. The van der Waals surface area contributed by atoms with Crippen molar-refractivity contribution in [3.8, 4) is 0 Å². The Morgan fingerprint density at radius 2 is 1.60 bits per heavy atom. The van der Waals surface area contributed by atoms with E-state index >= 15 is 0 Å². The van der Waals surface area contributed by atoms with Crippen molar-refractivity contribution in [2.45, 2.75) is 125 Å². The van der Waals surface area contributed by atoms with Gasteiger partial charge in [-0.2, -0.15) is 0 Å². The fourth-order valence-corrected chi connectivity index (χ4v) is 4.63. The minimum atomic E-state index is -1.11. The molecule has 9 heteroatoms. The molecule has 226 valence electrons. The van der Waals surface area contributed by atoms with Crippen molar-refractivity contribution < 1.29 is 23.9 Å². The number of rotatable bonds is 15. The van der Waals surface area contributed by atoms with Gasteiger partial charge in [-0.05, 0) is 89.8 Å². The summed E-state index contributed by atoms with van der Waals surface area (Å²) in [6, 6.07) is 3.41. The molecule has 0 aliphatic carbocycles. The van der Waals surface area contributed by atoms with Crippen molar-refractivity contribution >= 4 is 23.8 Å². The van der Waals surface area contributed by atoms with Crippen LogP contribution < -0.4 is 16.4 Å². The van der Waals surface area contributed by atoms with Crippen LogP contribution in [0.25, 0.3) is 0 Å². The highest BCUT2D eigenvalue weighted by molar-refractivity contribution is 5.93. The zero-order valence-electron chi connectivity index (χ0n) is 26.1. The lowest BCUT2D eigenvalue weighted by Crippen LogP contribution is -2.56. The summed E-state index contributed by atoms with van der Waals surface area (Å²) in [7, 11) is 0. The smallest absolute Gasteiger partial charge is 0.408 e. The standard InChI is InChI=1S/C31H52N4O5/c1-10-11-19-33-28(37)27(26-21(4)13-12-14-22(26)5)35(23(6)16-15-20(2)3)29(38)24(17-18-25(32)36)34-30(39)40-31(7,8)9/h12-14,20,23-24,27H,10-11,15-19H2,1-9H3,(H2,32,36)(H,33,37)(H,34,39). The Balaban J connectivity index is 3.70. The van der Waals surface area contributed by atoms with Gasteiger partial charge in [0.2, 0.25) is 17.7 Å². The third kappa shape index (κ3) is 11.6. The van der Waals surface area contributed by atoms with E-state index in [1.807, 2.05) is 45.9 Å². The number of benzene rings is 1. The second-order valence-electron chi connectivity index (χ2n) is 12.1. The highest BCUT2D eigenvalue weighted by Gasteiger charge is 2.40. The number of hydrogen-bond donors (Lipinski definition) is 3. The third-order valence-electron chi connectivity index (χ3n) is 6.73. The molecule has 0 aliphatic heterocycles. The van der Waals surface area contributed by atoms with E-state index in [0.717, 1.165) is 36.0 Å². The van der Waals surface area contributed by atoms with E-state index in [1.54, 1.807) is 25.7 Å². The summed E-state index contributed by atoms with van der Waals surface area (Å²) in [6.07, 6.45) is 2.31. The summed E-state index contributed by atoms with van der Waals surface area (Å²) in [6.45, 7) is 17.7. The van der Waals surface area contributed by atoms with Crippen LogP contribution in [-0.2, 0) is 19.1 Å². The van der Waals surface area contributed by atoms with Gasteiger partial charge in [0, 0.05) is 19.0 Å². The molecule has 0 heterocycles. The first-order valence-electron chi connectivity index (χ1n) is 14.5. The molecule has 0 fully saturated rings. The van der Waals surface area contributed by atoms with Crippen LogP contribution in [0.3, 0.4) is 0 Å².